The van der Waals surface area contributed by atoms with Gasteiger partial charge in [-0.2, -0.15) is 0 Å². The number of aryl methyl sites for hydroxylation is 1. The fourth-order valence-corrected chi connectivity index (χ4v) is 2.85. The van der Waals surface area contributed by atoms with Gasteiger partial charge in [0.05, 0.1) is 12.1 Å². The van der Waals surface area contributed by atoms with Crippen molar-refractivity contribution in [2.45, 2.75) is 26.0 Å². The number of aliphatic hydroxyl groups excluding tert-OH is 1. The van der Waals surface area contributed by atoms with Gasteiger partial charge in [-0.05, 0) is 49.2 Å². The van der Waals surface area contributed by atoms with E-state index in [1.807, 2.05) is 13.0 Å². The van der Waals surface area contributed by atoms with E-state index in [0.717, 1.165) is 22.2 Å². The molecule has 122 valence electrons. The van der Waals surface area contributed by atoms with Gasteiger partial charge in [0.15, 0.2) is 0 Å². The van der Waals surface area contributed by atoms with E-state index in [2.05, 4.69) is 21.2 Å². The van der Waals surface area contributed by atoms with Crippen LogP contribution in [0.5, 0.6) is 0 Å². The van der Waals surface area contributed by atoms with Gasteiger partial charge in [0.1, 0.15) is 17.2 Å². The second-order valence-corrected chi connectivity index (χ2v) is 6.20. The first kappa shape index (κ1) is 17.6. The Labute approximate surface area is 141 Å². The maximum absolute atomic E-state index is 13.7. The predicted molar refractivity (Wildman–Crippen MR) is 87.1 cm³/mol. The highest BCUT2D eigenvalue weighted by Gasteiger charge is 2.25. The normalized spacial score (nSPS) is 13.5. The van der Waals surface area contributed by atoms with Crippen LogP contribution in [0.25, 0.3) is 0 Å². The number of rotatable bonds is 4. The summed E-state index contributed by atoms with van der Waals surface area (Å²) in [6.45, 7) is 3.33. The molecule has 0 bridgehead atoms. The van der Waals surface area contributed by atoms with E-state index >= 15 is 0 Å². The Kier molecular flexibility index (Phi) is 5.49. The molecule has 1 amide bonds. The number of carbonyl (C=O) groups is 1. The highest BCUT2D eigenvalue weighted by Crippen LogP contribution is 2.25. The molecule has 2 aromatic rings. The lowest BCUT2D eigenvalue weighted by molar-refractivity contribution is 0.0849. The summed E-state index contributed by atoms with van der Waals surface area (Å²) in [6, 6.07) is 7.78. The van der Waals surface area contributed by atoms with Crippen LogP contribution in [0.1, 0.15) is 34.5 Å². The number of amides is 1. The molecule has 6 heteroatoms. The first-order chi connectivity index (χ1) is 10.8. The van der Waals surface area contributed by atoms with Gasteiger partial charge in [-0.1, -0.05) is 28.1 Å². The fourth-order valence-electron chi connectivity index (χ4n) is 2.37. The maximum atomic E-state index is 13.7. The van der Waals surface area contributed by atoms with Gasteiger partial charge in [-0.15, -0.1) is 0 Å². The topological polar surface area (TPSA) is 49.3 Å². The molecule has 2 atom stereocenters. The summed E-state index contributed by atoms with van der Waals surface area (Å²) in [5, 5.41) is 12.5. The molecule has 0 saturated heterocycles. The van der Waals surface area contributed by atoms with Crippen molar-refractivity contribution in [1.29, 1.82) is 0 Å². The monoisotopic (exact) mass is 383 g/mol. The quantitative estimate of drug-likeness (QED) is 0.841. The molecular weight excluding hydrogens is 368 g/mol. The molecule has 2 aromatic carbocycles. The minimum absolute atomic E-state index is 0.659. The summed E-state index contributed by atoms with van der Waals surface area (Å²) in [5.41, 5.74) is 0.848. The summed E-state index contributed by atoms with van der Waals surface area (Å²) in [4.78, 5) is 12.2. The van der Waals surface area contributed by atoms with E-state index in [0.29, 0.717) is 5.56 Å². The zero-order valence-corrected chi connectivity index (χ0v) is 14.2. The summed E-state index contributed by atoms with van der Waals surface area (Å²) >= 11 is 3.34. The van der Waals surface area contributed by atoms with Crippen molar-refractivity contribution in [3.05, 3.63) is 69.2 Å². The van der Waals surface area contributed by atoms with Gasteiger partial charge in [-0.3, -0.25) is 4.79 Å². The third kappa shape index (κ3) is 3.95. The Morgan fingerprint density at radius 2 is 1.83 bits per heavy atom. The first-order valence-electron chi connectivity index (χ1n) is 7.00. The van der Waals surface area contributed by atoms with E-state index in [4.69, 9.17) is 0 Å². The molecule has 0 unspecified atom stereocenters. The number of hydrogen-bond donors (Lipinski definition) is 2. The Bertz CT molecular complexity index is 714. The Morgan fingerprint density at radius 1 is 1.22 bits per heavy atom. The van der Waals surface area contributed by atoms with Crippen molar-refractivity contribution in [1.82, 2.24) is 5.32 Å². The summed E-state index contributed by atoms with van der Waals surface area (Å²) in [7, 11) is 0. The van der Waals surface area contributed by atoms with Crippen LogP contribution in [0.4, 0.5) is 8.78 Å². The van der Waals surface area contributed by atoms with Gasteiger partial charge in [0.25, 0.3) is 5.91 Å². The molecule has 0 aliphatic carbocycles. The van der Waals surface area contributed by atoms with Gasteiger partial charge >= 0.3 is 0 Å². The molecule has 0 aliphatic rings. The van der Waals surface area contributed by atoms with Crippen LogP contribution in [0.2, 0.25) is 0 Å². The number of halogens is 3. The number of benzene rings is 2. The second kappa shape index (κ2) is 7.19. The fraction of sp³-hybridized carbons (Fsp3) is 0.235. The van der Waals surface area contributed by atoms with Crippen molar-refractivity contribution in [3.8, 4) is 0 Å². The van der Waals surface area contributed by atoms with Crippen LogP contribution in [0.3, 0.4) is 0 Å². The first-order valence-corrected chi connectivity index (χ1v) is 7.79. The molecule has 0 heterocycles. The van der Waals surface area contributed by atoms with Crippen molar-refractivity contribution >= 4 is 21.8 Å². The molecule has 3 nitrogen and oxygen atoms in total. The van der Waals surface area contributed by atoms with Crippen LogP contribution in [-0.4, -0.2) is 17.1 Å². The minimum Gasteiger partial charge on any atom is -0.391 e. The zero-order valence-electron chi connectivity index (χ0n) is 12.6. The van der Waals surface area contributed by atoms with Crippen LogP contribution >= 0.6 is 15.9 Å². The third-order valence-corrected chi connectivity index (χ3v) is 4.02. The van der Waals surface area contributed by atoms with E-state index in [1.54, 1.807) is 12.1 Å². The smallest absolute Gasteiger partial charge is 0.257 e. The van der Waals surface area contributed by atoms with E-state index in [9.17, 15) is 18.7 Å². The van der Waals surface area contributed by atoms with Crippen molar-refractivity contribution < 1.29 is 18.7 Å². The lowest BCUT2D eigenvalue weighted by Crippen LogP contribution is -2.36. The molecule has 0 aliphatic heterocycles. The van der Waals surface area contributed by atoms with Gasteiger partial charge in [0.2, 0.25) is 0 Å². The largest absolute Gasteiger partial charge is 0.391 e. The summed E-state index contributed by atoms with van der Waals surface area (Å²) < 4.78 is 28.3. The van der Waals surface area contributed by atoms with Crippen LogP contribution < -0.4 is 5.32 Å². The van der Waals surface area contributed by atoms with Gasteiger partial charge in [-0.25, -0.2) is 8.78 Å². The van der Waals surface area contributed by atoms with E-state index < -0.39 is 35.3 Å². The molecule has 2 rings (SSSR count). The molecule has 23 heavy (non-hydrogen) atoms. The predicted octanol–water partition coefficient (Wildman–Crippen LogP) is 3.89. The Morgan fingerprint density at radius 3 is 2.35 bits per heavy atom. The van der Waals surface area contributed by atoms with Crippen molar-refractivity contribution in [3.63, 3.8) is 0 Å². The summed E-state index contributed by atoms with van der Waals surface area (Å²) in [5.74, 6) is -2.80. The third-order valence-electron chi connectivity index (χ3n) is 3.53. The number of carbonyl (C=O) groups excluding carboxylic acids is 1. The van der Waals surface area contributed by atoms with Gasteiger partial charge in [0, 0.05) is 4.47 Å². The van der Waals surface area contributed by atoms with Crippen LogP contribution in [0, 0.1) is 18.6 Å². The summed E-state index contributed by atoms with van der Waals surface area (Å²) in [6.07, 6.45) is -0.936. The average molecular weight is 384 g/mol. The lowest BCUT2D eigenvalue weighted by Gasteiger charge is -2.24. The second-order valence-electron chi connectivity index (χ2n) is 5.29. The van der Waals surface area contributed by atoms with Crippen molar-refractivity contribution in [2.24, 2.45) is 0 Å². The van der Waals surface area contributed by atoms with Crippen molar-refractivity contribution in [2.75, 3.05) is 0 Å². The highest BCUT2D eigenvalue weighted by atomic mass is 79.9. The molecular formula is C17H16BrF2NO2. The molecule has 0 saturated carbocycles. The molecule has 0 radical (unpaired) electrons. The zero-order chi connectivity index (χ0) is 17.1. The van der Waals surface area contributed by atoms with Crippen LogP contribution in [0.15, 0.2) is 40.9 Å². The highest BCUT2D eigenvalue weighted by molar-refractivity contribution is 9.10. The molecule has 0 spiro atoms. The maximum Gasteiger partial charge on any atom is 0.257 e. The Balaban J connectivity index is 2.35. The molecule has 0 aromatic heterocycles. The Hall–Kier alpha value is -1.79. The molecule has 2 N–H and O–H groups in total. The lowest BCUT2D eigenvalue weighted by atomic mass is 9.97. The van der Waals surface area contributed by atoms with E-state index in [1.165, 1.54) is 13.0 Å². The van der Waals surface area contributed by atoms with Crippen LogP contribution in [-0.2, 0) is 0 Å². The molecule has 0 fully saturated rings. The van der Waals surface area contributed by atoms with E-state index in [-0.39, 0.29) is 0 Å². The average Bonchev–Trinajstić information content (AvgIpc) is 2.45. The number of aliphatic hydroxyl groups is 1. The standard InChI is InChI=1S/C17H16BrF2NO2/c1-9-8-11(18)6-7-12(9)16(10(2)22)21-17(23)15-13(19)4-3-5-14(15)20/h3-8,10,16,22H,1-2H3,(H,21,23)/t10-,16-/m1/s1. The minimum atomic E-state index is -0.945. The van der Waals surface area contributed by atoms with Gasteiger partial charge < -0.3 is 10.4 Å². The number of hydrogen-bond acceptors (Lipinski definition) is 2. The SMILES string of the molecule is Cc1cc(Br)ccc1[C@H](NC(=O)c1c(F)cccc1F)[C@@H](C)O. The number of nitrogens with one attached hydrogen (secondary N) is 1.